The van der Waals surface area contributed by atoms with Gasteiger partial charge in [0.05, 0.1) is 12.3 Å². The van der Waals surface area contributed by atoms with Gasteiger partial charge in [0.15, 0.2) is 5.96 Å². The fourth-order valence-electron chi connectivity index (χ4n) is 2.90. The Hall–Kier alpha value is -1.64. The van der Waals surface area contributed by atoms with Gasteiger partial charge in [-0.1, -0.05) is 30.3 Å². The second-order valence-corrected chi connectivity index (χ2v) is 9.16. The molecule has 0 saturated heterocycles. The van der Waals surface area contributed by atoms with Gasteiger partial charge in [-0.2, -0.15) is 0 Å². The van der Waals surface area contributed by atoms with E-state index in [1.807, 2.05) is 37.3 Å². The summed E-state index contributed by atoms with van der Waals surface area (Å²) in [7, 11) is -3.35. The van der Waals surface area contributed by atoms with Crippen molar-refractivity contribution in [3.05, 3.63) is 35.9 Å². The maximum atomic E-state index is 12.2. The van der Waals surface area contributed by atoms with Crippen molar-refractivity contribution < 1.29 is 8.42 Å². The molecule has 8 heteroatoms. The topological polar surface area (TPSA) is 85.8 Å². The van der Waals surface area contributed by atoms with Crippen LogP contribution < -0.4 is 15.4 Å². The number of rotatable bonds is 12. The van der Waals surface area contributed by atoms with E-state index in [0.717, 1.165) is 18.7 Å². The van der Waals surface area contributed by atoms with Gasteiger partial charge in [-0.15, -0.1) is 0 Å². The average Bonchev–Trinajstić information content (AvgIpc) is 2.63. The molecule has 0 heterocycles. The molecule has 160 valence electrons. The zero-order valence-corrected chi connectivity index (χ0v) is 18.7. The van der Waals surface area contributed by atoms with Crippen LogP contribution in [-0.4, -0.2) is 63.3 Å². The van der Waals surface area contributed by atoms with Gasteiger partial charge in [0.1, 0.15) is 0 Å². The predicted octanol–water partition coefficient (Wildman–Crippen LogP) is 1.78. The summed E-state index contributed by atoms with van der Waals surface area (Å²) in [5, 5.41) is 6.27. The van der Waals surface area contributed by atoms with Crippen LogP contribution in [0, 0.1) is 0 Å². The van der Waals surface area contributed by atoms with E-state index >= 15 is 0 Å². The van der Waals surface area contributed by atoms with Crippen LogP contribution in [0.3, 0.4) is 0 Å². The van der Waals surface area contributed by atoms with Gasteiger partial charge in [0, 0.05) is 38.3 Å². The summed E-state index contributed by atoms with van der Waals surface area (Å²) in [5.41, 5.74) is 0.939. The van der Waals surface area contributed by atoms with Crippen molar-refractivity contribution in [3.63, 3.8) is 0 Å². The first-order valence-electron chi connectivity index (χ1n) is 10.0. The Kier molecular flexibility index (Phi) is 11.1. The van der Waals surface area contributed by atoms with Crippen molar-refractivity contribution >= 4 is 16.0 Å². The highest BCUT2D eigenvalue weighted by Crippen LogP contribution is 2.04. The molecule has 0 amide bonds. The number of nitrogens with one attached hydrogen (secondary N) is 3. The minimum Gasteiger partial charge on any atom is -0.357 e. The van der Waals surface area contributed by atoms with E-state index in [1.54, 1.807) is 0 Å². The quantitative estimate of drug-likeness (QED) is 0.361. The second kappa shape index (κ2) is 12.7. The summed E-state index contributed by atoms with van der Waals surface area (Å²) < 4.78 is 27.0. The van der Waals surface area contributed by atoms with Crippen LogP contribution in [0.5, 0.6) is 0 Å². The van der Waals surface area contributed by atoms with Crippen LogP contribution in [0.15, 0.2) is 35.3 Å². The fourth-order valence-corrected chi connectivity index (χ4v) is 3.80. The van der Waals surface area contributed by atoms with E-state index in [1.165, 1.54) is 0 Å². The molecule has 0 aliphatic rings. The van der Waals surface area contributed by atoms with Crippen molar-refractivity contribution in [2.45, 2.75) is 53.2 Å². The van der Waals surface area contributed by atoms with Gasteiger partial charge in [-0.3, -0.25) is 9.89 Å². The van der Waals surface area contributed by atoms with Gasteiger partial charge in [0.2, 0.25) is 10.0 Å². The smallest absolute Gasteiger partial charge is 0.213 e. The number of guanidine groups is 1. The molecule has 0 bridgehead atoms. The minimum atomic E-state index is -3.35. The number of nitrogens with zero attached hydrogens (tertiary/aromatic N) is 2. The van der Waals surface area contributed by atoms with Crippen LogP contribution in [0.1, 0.15) is 40.2 Å². The highest BCUT2D eigenvalue weighted by molar-refractivity contribution is 7.89. The first-order chi connectivity index (χ1) is 13.2. The number of benzene rings is 1. The van der Waals surface area contributed by atoms with Crippen molar-refractivity contribution in [1.82, 2.24) is 20.3 Å². The minimum absolute atomic E-state index is 0.00559. The van der Waals surface area contributed by atoms with Gasteiger partial charge in [0.25, 0.3) is 0 Å². The van der Waals surface area contributed by atoms with Crippen molar-refractivity contribution in [2.24, 2.45) is 4.99 Å². The van der Waals surface area contributed by atoms with E-state index in [9.17, 15) is 8.42 Å². The zero-order chi connectivity index (χ0) is 21.0. The Morgan fingerprint density at radius 1 is 1.07 bits per heavy atom. The van der Waals surface area contributed by atoms with Gasteiger partial charge < -0.3 is 10.6 Å². The molecule has 0 fully saturated rings. The average molecular weight is 412 g/mol. The lowest BCUT2D eigenvalue weighted by atomic mass is 10.2. The summed E-state index contributed by atoms with van der Waals surface area (Å²) in [5.74, 6) is 0.641. The highest BCUT2D eigenvalue weighted by Gasteiger charge is 2.13. The van der Waals surface area contributed by atoms with Crippen molar-refractivity contribution in [1.29, 1.82) is 0 Å². The molecule has 1 rings (SSSR count). The lowest BCUT2D eigenvalue weighted by Gasteiger charge is -2.29. The molecule has 3 N–H and O–H groups in total. The molecular formula is C20H37N5O2S. The highest BCUT2D eigenvalue weighted by atomic mass is 32.2. The fraction of sp³-hybridized carbons (Fsp3) is 0.650. The predicted molar refractivity (Wildman–Crippen MR) is 118 cm³/mol. The maximum absolute atomic E-state index is 12.2. The first-order valence-corrected chi connectivity index (χ1v) is 11.7. The summed E-state index contributed by atoms with van der Waals surface area (Å²) in [6.45, 7) is 13.6. The van der Waals surface area contributed by atoms with Crippen LogP contribution in [0.2, 0.25) is 0 Å². The third-order valence-corrected chi connectivity index (χ3v) is 5.63. The van der Waals surface area contributed by atoms with E-state index in [4.69, 9.17) is 0 Å². The van der Waals surface area contributed by atoms with Crippen molar-refractivity contribution in [2.75, 3.05) is 31.9 Å². The van der Waals surface area contributed by atoms with Crippen LogP contribution in [0.25, 0.3) is 0 Å². The van der Waals surface area contributed by atoms with Crippen molar-refractivity contribution in [3.8, 4) is 0 Å². The first kappa shape index (κ1) is 24.4. The lowest BCUT2D eigenvalue weighted by molar-refractivity contribution is 0.181. The summed E-state index contributed by atoms with van der Waals surface area (Å²) in [6, 6.07) is 10.4. The standard InChI is InChI=1S/C20H37N5O2S/c1-6-21-20(22-12-14-25(17(2)3)18(4)5)23-13-15-28(26,27)24-16-19-10-8-7-9-11-19/h7-11,17-18,24H,6,12-16H2,1-5H3,(H2,21,22,23). The SMILES string of the molecule is CCNC(=NCCN(C(C)C)C(C)C)NCCS(=O)(=O)NCc1ccccc1. The number of hydrogen-bond acceptors (Lipinski definition) is 4. The van der Waals surface area contributed by atoms with Crippen LogP contribution in [-0.2, 0) is 16.6 Å². The van der Waals surface area contributed by atoms with E-state index < -0.39 is 10.0 Å². The van der Waals surface area contributed by atoms with E-state index in [-0.39, 0.29) is 5.75 Å². The Labute approximate surface area is 171 Å². The monoisotopic (exact) mass is 411 g/mol. The third kappa shape index (κ3) is 10.1. The van der Waals surface area contributed by atoms with E-state index in [0.29, 0.717) is 37.7 Å². The molecule has 0 unspecified atom stereocenters. The molecule has 0 aliphatic carbocycles. The summed E-state index contributed by atoms with van der Waals surface area (Å²) in [6.07, 6.45) is 0. The molecule has 7 nitrogen and oxygen atoms in total. The van der Waals surface area contributed by atoms with Crippen LogP contribution in [0.4, 0.5) is 0 Å². The molecule has 0 aliphatic heterocycles. The Bertz CT molecular complexity index is 667. The molecule has 1 aromatic carbocycles. The lowest BCUT2D eigenvalue weighted by Crippen LogP contribution is -2.42. The second-order valence-electron chi connectivity index (χ2n) is 7.24. The molecular weight excluding hydrogens is 374 g/mol. The maximum Gasteiger partial charge on any atom is 0.213 e. The summed E-state index contributed by atoms with van der Waals surface area (Å²) >= 11 is 0. The Morgan fingerprint density at radius 2 is 1.71 bits per heavy atom. The third-order valence-electron chi connectivity index (χ3n) is 4.30. The molecule has 0 atom stereocenters. The normalized spacial score (nSPS) is 12.8. The van der Waals surface area contributed by atoms with E-state index in [2.05, 4.69) is 52.9 Å². The number of aliphatic imine (C=N–C) groups is 1. The Balaban J connectivity index is 2.46. The number of hydrogen-bond donors (Lipinski definition) is 3. The molecule has 1 aromatic rings. The largest absolute Gasteiger partial charge is 0.357 e. The molecule has 0 radical (unpaired) electrons. The summed E-state index contributed by atoms with van der Waals surface area (Å²) in [4.78, 5) is 6.95. The van der Waals surface area contributed by atoms with Gasteiger partial charge >= 0.3 is 0 Å². The molecule has 28 heavy (non-hydrogen) atoms. The molecule has 0 aromatic heterocycles. The zero-order valence-electron chi connectivity index (χ0n) is 17.9. The van der Waals surface area contributed by atoms with Crippen LogP contribution >= 0.6 is 0 Å². The molecule has 0 saturated carbocycles. The number of sulfonamides is 1. The van der Waals surface area contributed by atoms with Gasteiger partial charge in [-0.25, -0.2) is 13.1 Å². The molecule has 0 spiro atoms. The van der Waals surface area contributed by atoms with Gasteiger partial charge in [-0.05, 0) is 40.2 Å². The Morgan fingerprint density at radius 3 is 2.29 bits per heavy atom.